The van der Waals surface area contributed by atoms with Crippen molar-refractivity contribution >= 4 is 55.9 Å². The molecular weight excluding hydrogens is 695 g/mol. The number of aromatic nitrogens is 1. The molecule has 0 spiro atoms. The quantitative estimate of drug-likeness (QED) is 0.158. The highest BCUT2D eigenvalue weighted by atomic mass is 19.1. The number of rotatable bonds is 8. The number of benzene rings is 8. The fraction of sp³-hybridized carbons (Fsp3) is 0. The number of nitrogens with zero attached hydrogens (tertiary/aromatic N) is 2. The predicted octanol–water partition coefficient (Wildman–Crippen LogP) is 14.2. The molecule has 9 rings (SSSR count). The smallest absolute Gasteiger partial charge is 0.147 e. The fourth-order valence-corrected chi connectivity index (χ4v) is 7.21. The van der Waals surface area contributed by atoms with E-state index in [-0.39, 0.29) is 22.7 Å². The third-order valence-electron chi connectivity index (χ3n) is 9.89. The summed E-state index contributed by atoms with van der Waals surface area (Å²) in [7, 11) is 0. The third kappa shape index (κ3) is 6.25. The van der Waals surface area contributed by atoms with E-state index < -0.39 is 23.3 Å². The minimum atomic E-state index is -0.456. The van der Waals surface area contributed by atoms with Gasteiger partial charge in [-0.05, 0) is 119 Å². The van der Waals surface area contributed by atoms with Crippen molar-refractivity contribution in [1.29, 1.82) is 0 Å². The molecule has 0 radical (unpaired) electrons. The first-order chi connectivity index (χ1) is 26.9. The molecule has 8 aromatic carbocycles. The van der Waals surface area contributed by atoms with Crippen LogP contribution in [-0.2, 0) is 0 Å². The number of aromatic amines is 1. The highest BCUT2D eigenvalue weighted by Gasteiger charge is 2.21. The number of H-pyrrole nitrogens is 1. The molecule has 3 nitrogen and oxygen atoms in total. The Morgan fingerprint density at radius 2 is 0.600 bits per heavy atom. The molecule has 1 N–H and O–H groups in total. The van der Waals surface area contributed by atoms with E-state index in [1.165, 1.54) is 24.3 Å². The highest BCUT2D eigenvalue weighted by Crippen LogP contribution is 2.41. The monoisotopic (exact) mass is 725 g/mol. The lowest BCUT2D eigenvalue weighted by Gasteiger charge is -2.26. The van der Waals surface area contributed by atoms with E-state index in [0.29, 0.717) is 11.4 Å². The van der Waals surface area contributed by atoms with E-state index in [1.807, 2.05) is 48.5 Å². The molecular formula is C48H31F4N3. The second-order valence-electron chi connectivity index (χ2n) is 13.2. The number of anilines is 6. The van der Waals surface area contributed by atoms with Gasteiger partial charge >= 0.3 is 0 Å². The number of fused-ring (bicyclic) bond motifs is 3. The van der Waals surface area contributed by atoms with Crippen molar-refractivity contribution in [2.75, 3.05) is 9.80 Å². The first-order valence-corrected chi connectivity index (χ1v) is 17.8. The Balaban J connectivity index is 1.05. The summed E-state index contributed by atoms with van der Waals surface area (Å²) >= 11 is 0. The Morgan fingerprint density at radius 1 is 0.309 bits per heavy atom. The van der Waals surface area contributed by atoms with Gasteiger partial charge in [0.05, 0.1) is 22.7 Å². The molecule has 0 bridgehead atoms. The molecule has 266 valence electrons. The van der Waals surface area contributed by atoms with E-state index in [1.54, 1.807) is 82.6 Å². The molecule has 7 heteroatoms. The zero-order valence-corrected chi connectivity index (χ0v) is 29.2. The van der Waals surface area contributed by atoms with Gasteiger partial charge in [-0.1, -0.05) is 84.9 Å². The Kier molecular flexibility index (Phi) is 8.59. The Bertz CT molecular complexity index is 2540. The van der Waals surface area contributed by atoms with Gasteiger partial charge in [-0.15, -0.1) is 0 Å². The third-order valence-corrected chi connectivity index (χ3v) is 9.89. The number of hydrogen-bond acceptors (Lipinski definition) is 2. The molecule has 9 aromatic rings. The molecule has 1 heterocycles. The molecule has 0 saturated carbocycles. The van der Waals surface area contributed by atoms with Crippen LogP contribution in [0, 0.1) is 23.3 Å². The maximum absolute atomic E-state index is 15.1. The lowest BCUT2D eigenvalue weighted by Crippen LogP contribution is -2.13. The SMILES string of the molecule is Fc1ccccc1N(c1ccc(-c2ccc3[nH]c4ccc(-c5ccc(N(c6ccccc6F)c6ccccc6F)cc5)cc4c3c2)cc1)c1ccccc1F. The van der Waals surface area contributed by atoms with Gasteiger partial charge in [-0.25, -0.2) is 17.6 Å². The Labute approximate surface area is 315 Å². The zero-order valence-electron chi connectivity index (χ0n) is 29.2. The molecule has 0 aliphatic carbocycles. The summed E-state index contributed by atoms with van der Waals surface area (Å²) in [4.78, 5) is 6.69. The molecule has 0 aliphatic rings. The van der Waals surface area contributed by atoms with Gasteiger partial charge in [0.1, 0.15) is 23.3 Å². The maximum atomic E-state index is 15.1. The predicted molar refractivity (Wildman–Crippen MR) is 216 cm³/mol. The van der Waals surface area contributed by atoms with Crippen LogP contribution in [0.2, 0.25) is 0 Å². The van der Waals surface area contributed by atoms with Gasteiger partial charge in [0.25, 0.3) is 0 Å². The van der Waals surface area contributed by atoms with Crippen LogP contribution >= 0.6 is 0 Å². The van der Waals surface area contributed by atoms with Crippen molar-refractivity contribution in [2.45, 2.75) is 0 Å². The van der Waals surface area contributed by atoms with E-state index in [2.05, 4.69) is 41.4 Å². The Morgan fingerprint density at radius 3 is 0.909 bits per heavy atom. The molecule has 0 unspecified atom stereocenters. The second-order valence-corrected chi connectivity index (χ2v) is 13.2. The molecule has 55 heavy (non-hydrogen) atoms. The molecule has 0 atom stereocenters. The number of nitrogens with one attached hydrogen (secondary N) is 1. The van der Waals surface area contributed by atoms with Crippen LogP contribution in [0.3, 0.4) is 0 Å². The Hall–Kier alpha value is -7.12. The van der Waals surface area contributed by atoms with Crippen molar-refractivity contribution in [3.05, 3.63) is 205 Å². The molecule has 0 amide bonds. The molecule has 1 aromatic heterocycles. The molecule has 0 fully saturated rings. The standard InChI is InChI=1S/C48H31F4N3/c49-39-9-1-5-13-45(39)54(46-14-6-2-10-40(46)50)35-23-17-31(18-24-35)33-21-27-43-37(29-33)38-30-34(22-28-44(38)53-43)32-19-25-36(26-20-32)55(47-15-7-3-11-41(47)51)48-16-8-4-12-42(48)52/h1-30,53H. The summed E-state index contributed by atoms with van der Waals surface area (Å²) in [6.07, 6.45) is 0. The fourth-order valence-electron chi connectivity index (χ4n) is 7.21. The largest absolute Gasteiger partial charge is 0.355 e. The van der Waals surface area contributed by atoms with Crippen LogP contribution in [0.25, 0.3) is 44.1 Å². The van der Waals surface area contributed by atoms with Crippen LogP contribution in [0.4, 0.5) is 51.7 Å². The van der Waals surface area contributed by atoms with Crippen molar-refractivity contribution in [2.24, 2.45) is 0 Å². The van der Waals surface area contributed by atoms with Crippen LogP contribution in [0.15, 0.2) is 182 Å². The topological polar surface area (TPSA) is 22.3 Å². The molecule has 0 aliphatic heterocycles. The van der Waals surface area contributed by atoms with Gasteiger partial charge in [0.2, 0.25) is 0 Å². The van der Waals surface area contributed by atoms with Gasteiger partial charge in [-0.3, -0.25) is 0 Å². The van der Waals surface area contributed by atoms with Crippen LogP contribution in [0.1, 0.15) is 0 Å². The summed E-state index contributed by atoms with van der Waals surface area (Å²) in [5.41, 5.74) is 8.07. The molecule has 0 saturated heterocycles. The van der Waals surface area contributed by atoms with Crippen LogP contribution in [-0.4, -0.2) is 4.98 Å². The van der Waals surface area contributed by atoms with E-state index in [4.69, 9.17) is 0 Å². The lowest BCUT2D eigenvalue weighted by atomic mass is 9.99. The summed E-state index contributed by atoms with van der Waals surface area (Å²) in [5, 5.41) is 2.08. The zero-order chi connectivity index (χ0) is 37.5. The average molecular weight is 726 g/mol. The summed E-state index contributed by atoms with van der Waals surface area (Å²) in [6, 6.07) is 53.2. The number of hydrogen-bond donors (Lipinski definition) is 1. The van der Waals surface area contributed by atoms with Gasteiger partial charge in [0.15, 0.2) is 0 Å². The lowest BCUT2D eigenvalue weighted by molar-refractivity contribution is 0.619. The van der Waals surface area contributed by atoms with E-state index in [0.717, 1.165) is 44.1 Å². The highest BCUT2D eigenvalue weighted by molar-refractivity contribution is 6.09. The number of para-hydroxylation sites is 4. The summed E-state index contributed by atoms with van der Waals surface area (Å²) in [5.74, 6) is -1.83. The summed E-state index contributed by atoms with van der Waals surface area (Å²) in [6.45, 7) is 0. The first-order valence-electron chi connectivity index (χ1n) is 17.8. The maximum Gasteiger partial charge on any atom is 0.147 e. The van der Waals surface area contributed by atoms with Crippen molar-refractivity contribution in [1.82, 2.24) is 4.98 Å². The van der Waals surface area contributed by atoms with Gasteiger partial charge in [0, 0.05) is 33.2 Å². The van der Waals surface area contributed by atoms with Gasteiger partial charge in [-0.2, -0.15) is 0 Å². The second kappa shape index (κ2) is 14.0. The van der Waals surface area contributed by atoms with E-state index in [9.17, 15) is 0 Å². The summed E-state index contributed by atoms with van der Waals surface area (Å²) < 4.78 is 60.3. The van der Waals surface area contributed by atoms with Gasteiger partial charge < -0.3 is 14.8 Å². The van der Waals surface area contributed by atoms with Crippen LogP contribution in [0.5, 0.6) is 0 Å². The normalized spacial score (nSPS) is 11.3. The minimum Gasteiger partial charge on any atom is -0.355 e. The van der Waals surface area contributed by atoms with Crippen molar-refractivity contribution < 1.29 is 17.6 Å². The minimum absolute atomic E-state index is 0.249. The first kappa shape index (κ1) is 33.7. The van der Waals surface area contributed by atoms with Crippen LogP contribution < -0.4 is 9.80 Å². The van der Waals surface area contributed by atoms with Crippen molar-refractivity contribution in [3.8, 4) is 22.3 Å². The average Bonchev–Trinajstić information content (AvgIpc) is 3.59. The van der Waals surface area contributed by atoms with E-state index >= 15 is 17.6 Å². The number of halogens is 4. The van der Waals surface area contributed by atoms with Crippen molar-refractivity contribution in [3.63, 3.8) is 0 Å².